The molecule has 2 aromatic heterocycles. The van der Waals surface area contributed by atoms with Crippen molar-refractivity contribution in [1.82, 2.24) is 9.78 Å². The number of hydrogen-bond donors (Lipinski definition) is 1. The van der Waals surface area contributed by atoms with Gasteiger partial charge in [0, 0.05) is 28.6 Å². The Morgan fingerprint density at radius 3 is 2.67 bits per heavy atom. The molecule has 4 heteroatoms. The molecular weight excluding hydrogens is 206 g/mol. The quantitative estimate of drug-likeness (QED) is 0.844. The minimum absolute atomic E-state index is 0.0453. The fourth-order valence-corrected chi connectivity index (χ4v) is 2.59. The third kappa shape index (κ3) is 1.96. The summed E-state index contributed by atoms with van der Waals surface area (Å²) in [6.45, 7) is 4.24. The third-order valence-corrected chi connectivity index (χ3v) is 3.81. The van der Waals surface area contributed by atoms with Gasteiger partial charge in [0.05, 0.1) is 12.2 Å². The molecule has 2 aromatic rings. The summed E-state index contributed by atoms with van der Waals surface area (Å²) in [6, 6.07) is 2.12. The molecule has 0 radical (unpaired) electrons. The Kier molecular flexibility index (Phi) is 2.63. The van der Waals surface area contributed by atoms with Gasteiger partial charge in [-0.1, -0.05) is 0 Å². The highest BCUT2D eigenvalue weighted by Gasteiger charge is 2.13. The predicted octanol–water partition coefficient (Wildman–Crippen LogP) is 2.15. The van der Waals surface area contributed by atoms with Gasteiger partial charge in [0.15, 0.2) is 0 Å². The molecule has 0 amide bonds. The summed E-state index contributed by atoms with van der Waals surface area (Å²) in [5.74, 6) is 0. The third-order valence-electron chi connectivity index (χ3n) is 2.58. The number of rotatable bonds is 2. The van der Waals surface area contributed by atoms with E-state index in [2.05, 4.69) is 25.0 Å². The van der Waals surface area contributed by atoms with Crippen LogP contribution >= 0.6 is 11.3 Å². The fourth-order valence-electron chi connectivity index (χ4n) is 1.52. The lowest BCUT2D eigenvalue weighted by Gasteiger charge is -2.05. The van der Waals surface area contributed by atoms with E-state index >= 15 is 0 Å². The second-order valence-electron chi connectivity index (χ2n) is 3.81. The average Bonchev–Trinajstić information content (AvgIpc) is 2.74. The van der Waals surface area contributed by atoms with Gasteiger partial charge in [-0.05, 0) is 25.5 Å². The molecule has 80 valence electrons. The smallest absolute Gasteiger partial charge is 0.0677 e. The molecule has 0 aliphatic heterocycles. The van der Waals surface area contributed by atoms with Gasteiger partial charge in [-0.2, -0.15) is 5.10 Å². The highest BCUT2D eigenvalue weighted by Crippen LogP contribution is 2.28. The molecular formula is C11H15N3S. The monoisotopic (exact) mass is 221 g/mol. The standard InChI is InChI=1S/C11H15N3S/c1-7-4-10(15-8(7)2)11(12)9-5-13-14(3)6-9/h4-6,11H,12H2,1-3H3. The second-order valence-corrected chi connectivity index (χ2v) is 5.10. The van der Waals surface area contributed by atoms with Gasteiger partial charge in [-0.25, -0.2) is 0 Å². The maximum Gasteiger partial charge on any atom is 0.0677 e. The van der Waals surface area contributed by atoms with E-state index in [1.807, 2.05) is 19.4 Å². The first-order chi connectivity index (χ1) is 7.08. The Hall–Kier alpha value is -1.13. The van der Waals surface area contributed by atoms with Crippen molar-refractivity contribution in [2.45, 2.75) is 19.9 Å². The van der Waals surface area contributed by atoms with E-state index in [-0.39, 0.29) is 6.04 Å². The summed E-state index contributed by atoms with van der Waals surface area (Å²) in [6.07, 6.45) is 3.80. The van der Waals surface area contributed by atoms with Crippen LogP contribution in [0.15, 0.2) is 18.5 Å². The molecule has 3 nitrogen and oxygen atoms in total. The Labute approximate surface area is 93.5 Å². The van der Waals surface area contributed by atoms with Crippen LogP contribution in [0, 0.1) is 13.8 Å². The van der Waals surface area contributed by atoms with Gasteiger partial charge in [-0.3, -0.25) is 4.68 Å². The highest BCUT2D eigenvalue weighted by atomic mass is 32.1. The van der Waals surface area contributed by atoms with Crippen molar-refractivity contribution >= 4 is 11.3 Å². The van der Waals surface area contributed by atoms with Gasteiger partial charge < -0.3 is 5.73 Å². The summed E-state index contributed by atoms with van der Waals surface area (Å²) in [4.78, 5) is 2.54. The minimum Gasteiger partial charge on any atom is -0.320 e. The maximum atomic E-state index is 6.17. The zero-order valence-corrected chi connectivity index (χ0v) is 10.0. The average molecular weight is 221 g/mol. The van der Waals surface area contributed by atoms with E-state index in [1.54, 1.807) is 16.0 Å². The van der Waals surface area contributed by atoms with Gasteiger partial charge in [0.1, 0.15) is 0 Å². The largest absolute Gasteiger partial charge is 0.320 e. The van der Waals surface area contributed by atoms with E-state index in [0.717, 1.165) is 5.56 Å². The molecule has 0 fully saturated rings. The van der Waals surface area contributed by atoms with Crippen molar-refractivity contribution in [2.75, 3.05) is 0 Å². The number of nitrogens with two attached hydrogens (primary N) is 1. The molecule has 0 aromatic carbocycles. The number of hydrogen-bond acceptors (Lipinski definition) is 3. The Bertz CT molecular complexity index is 450. The molecule has 2 heterocycles. The van der Waals surface area contributed by atoms with Crippen molar-refractivity contribution in [1.29, 1.82) is 0 Å². The zero-order valence-electron chi connectivity index (χ0n) is 9.19. The molecule has 2 N–H and O–H groups in total. The Morgan fingerprint density at radius 1 is 1.47 bits per heavy atom. The summed E-state index contributed by atoms with van der Waals surface area (Å²) < 4.78 is 1.78. The van der Waals surface area contributed by atoms with Crippen molar-refractivity contribution in [3.63, 3.8) is 0 Å². The molecule has 2 rings (SSSR count). The first-order valence-electron chi connectivity index (χ1n) is 4.89. The summed E-state index contributed by atoms with van der Waals surface area (Å²) >= 11 is 1.76. The summed E-state index contributed by atoms with van der Waals surface area (Å²) in [5, 5.41) is 4.13. The molecule has 0 saturated carbocycles. The van der Waals surface area contributed by atoms with Crippen LogP contribution in [0.5, 0.6) is 0 Å². The van der Waals surface area contributed by atoms with Crippen LogP contribution in [0.2, 0.25) is 0 Å². The van der Waals surface area contributed by atoms with Crippen LogP contribution in [0.25, 0.3) is 0 Å². The molecule has 1 unspecified atom stereocenters. The van der Waals surface area contributed by atoms with Crippen molar-refractivity contribution in [3.8, 4) is 0 Å². The van der Waals surface area contributed by atoms with E-state index in [0.29, 0.717) is 0 Å². The summed E-state index contributed by atoms with van der Waals surface area (Å²) in [7, 11) is 1.90. The SMILES string of the molecule is Cc1cc(C(N)c2cnn(C)c2)sc1C. The van der Waals surface area contributed by atoms with Crippen molar-refractivity contribution < 1.29 is 0 Å². The lowest BCUT2D eigenvalue weighted by molar-refractivity contribution is 0.765. The molecule has 0 saturated heterocycles. The number of nitrogens with zero attached hydrogens (tertiary/aromatic N) is 2. The van der Waals surface area contributed by atoms with Gasteiger partial charge in [0.25, 0.3) is 0 Å². The molecule has 0 bridgehead atoms. The zero-order chi connectivity index (χ0) is 11.0. The van der Waals surface area contributed by atoms with Gasteiger partial charge >= 0.3 is 0 Å². The normalized spacial score (nSPS) is 13.1. The Balaban J connectivity index is 2.31. The van der Waals surface area contributed by atoms with Crippen LogP contribution in [-0.4, -0.2) is 9.78 Å². The van der Waals surface area contributed by atoms with E-state index in [4.69, 9.17) is 5.73 Å². The molecule has 0 spiro atoms. The van der Waals surface area contributed by atoms with Crippen LogP contribution in [-0.2, 0) is 7.05 Å². The molecule has 0 aliphatic rings. The van der Waals surface area contributed by atoms with E-state index in [9.17, 15) is 0 Å². The van der Waals surface area contributed by atoms with Crippen LogP contribution in [0.1, 0.15) is 26.9 Å². The molecule has 15 heavy (non-hydrogen) atoms. The first-order valence-corrected chi connectivity index (χ1v) is 5.70. The van der Waals surface area contributed by atoms with Crippen LogP contribution < -0.4 is 5.73 Å². The second kappa shape index (κ2) is 3.79. The highest BCUT2D eigenvalue weighted by molar-refractivity contribution is 7.12. The predicted molar refractivity (Wildman–Crippen MR) is 63.0 cm³/mol. The van der Waals surface area contributed by atoms with E-state index < -0.39 is 0 Å². The summed E-state index contributed by atoms with van der Waals surface area (Å²) in [5.41, 5.74) is 8.55. The maximum absolute atomic E-state index is 6.17. The van der Waals surface area contributed by atoms with Crippen LogP contribution in [0.4, 0.5) is 0 Å². The van der Waals surface area contributed by atoms with Gasteiger partial charge in [0.2, 0.25) is 0 Å². The lowest BCUT2D eigenvalue weighted by atomic mass is 10.1. The number of aromatic nitrogens is 2. The number of thiophene rings is 1. The van der Waals surface area contributed by atoms with Crippen LogP contribution in [0.3, 0.4) is 0 Å². The lowest BCUT2D eigenvalue weighted by Crippen LogP contribution is -2.09. The molecule has 1 atom stereocenters. The first kappa shape index (κ1) is 10.4. The number of aryl methyl sites for hydroxylation is 3. The van der Waals surface area contributed by atoms with Crippen molar-refractivity contribution in [2.24, 2.45) is 12.8 Å². The van der Waals surface area contributed by atoms with E-state index in [1.165, 1.54) is 15.3 Å². The fraction of sp³-hybridized carbons (Fsp3) is 0.364. The Morgan fingerprint density at radius 2 is 2.20 bits per heavy atom. The topological polar surface area (TPSA) is 43.8 Å². The van der Waals surface area contributed by atoms with Crippen molar-refractivity contribution in [3.05, 3.63) is 39.3 Å². The minimum atomic E-state index is -0.0453. The van der Waals surface area contributed by atoms with Gasteiger partial charge in [-0.15, -0.1) is 11.3 Å². The molecule has 0 aliphatic carbocycles.